The van der Waals surface area contributed by atoms with E-state index in [0.717, 1.165) is 11.2 Å². The molecule has 0 amide bonds. The van der Waals surface area contributed by atoms with Gasteiger partial charge in [-0.2, -0.15) is 0 Å². The Morgan fingerprint density at radius 1 is 0.692 bits per heavy atom. The number of hydrogen-bond donors (Lipinski definition) is 0. The van der Waals surface area contributed by atoms with Crippen molar-refractivity contribution in [2.75, 3.05) is 4.90 Å². The van der Waals surface area contributed by atoms with Gasteiger partial charge < -0.3 is 4.90 Å². The molecule has 0 N–H and O–H groups in total. The van der Waals surface area contributed by atoms with Crippen LogP contribution in [0.15, 0.2) is 85.2 Å². The molecule has 128 valence electrons. The molecule has 3 nitrogen and oxygen atoms in total. The first kappa shape index (κ1) is 16.2. The van der Waals surface area contributed by atoms with Crippen molar-refractivity contribution >= 4 is 16.7 Å². The number of halogens is 1. The minimum Gasteiger partial charge on any atom is -0.347 e. The molecule has 1 aromatic heterocycles. The molecule has 0 radical (unpaired) electrons. The Kier molecular flexibility index (Phi) is 4.56. The summed E-state index contributed by atoms with van der Waals surface area (Å²) in [5.74, 6) is 0.410. The predicted octanol–water partition coefficient (Wildman–Crippen LogP) is 4.98. The first-order chi connectivity index (χ1) is 12.8. The topological polar surface area (TPSA) is 29.0 Å². The Bertz CT molecular complexity index is 962. The van der Waals surface area contributed by atoms with E-state index in [1.165, 1.54) is 23.5 Å². The fourth-order valence-electron chi connectivity index (χ4n) is 3.10. The highest BCUT2D eigenvalue weighted by Crippen LogP contribution is 2.27. The maximum absolute atomic E-state index is 14.2. The minimum atomic E-state index is -0.328. The molecule has 0 unspecified atom stereocenters. The Labute approximate surface area is 151 Å². The fraction of sp³-hybridized carbons (Fsp3) is 0.0909. The third kappa shape index (κ3) is 3.40. The lowest BCUT2D eigenvalue weighted by Crippen LogP contribution is -2.23. The maximum atomic E-state index is 14.2. The summed E-state index contributed by atoms with van der Waals surface area (Å²) in [7, 11) is 0. The number of benzene rings is 3. The maximum Gasteiger partial charge on any atom is 0.149 e. The van der Waals surface area contributed by atoms with Crippen LogP contribution in [0.5, 0.6) is 0 Å². The molecule has 0 saturated heterocycles. The van der Waals surface area contributed by atoms with Crippen molar-refractivity contribution in [3.05, 3.63) is 102 Å². The Morgan fingerprint density at radius 2 is 1.31 bits per heavy atom. The van der Waals surface area contributed by atoms with Crippen molar-refractivity contribution < 1.29 is 4.39 Å². The molecule has 3 aromatic carbocycles. The van der Waals surface area contributed by atoms with Crippen molar-refractivity contribution in [1.29, 1.82) is 0 Å². The standard InChI is InChI=1S/C22H18FN3/c23-20-13-7-12-19-21(20)24-16-25-22(19)26(14-17-8-3-1-4-9-17)15-18-10-5-2-6-11-18/h1-13,16H,14-15H2. The second-order valence-electron chi connectivity index (χ2n) is 6.16. The summed E-state index contributed by atoms with van der Waals surface area (Å²) in [5.41, 5.74) is 2.70. The van der Waals surface area contributed by atoms with Gasteiger partial charge in [-0.15, -0.1) is 0 Å². The van der Waals surface area contributed by atoms with E-state index in [0.29, 0.717) is 18.6 Å². The average Bonchev–Trinajstić information content (AvgIpc) is 2.69. The third-order valence-corrected chi connectivity index (χ3v) is 4.33. The largest absolute Gasteiger partial charge is 0.347 e. The molecule has 4 heteroatoms. The van der Waals surface area contributed by atoms with Crippen LogP contribution >= 0.6 is 0 Å². The van der Waals surface area contributed by atoms with E-state index in [-0.39, 0.29) is 5.82 Å². The first-order valence-electron chi connectivity index (χ1n) is 8.53. The minimum absolute atomic E-state index is 0.328. The molecule has 1 heterocycles. The second kappa shape index (κ2) is 7.31. The lowest BCUT2D eigenvalue weighted by Gasteiger charge is -2.25. The van der Waals surface area contributed by atoms with Crippen LogP contribution in [-0.4, -0.2) is 9.97 Å². The molecule has 0 aliphatic rings. The van der Waals surface area contributed by atoms with Gasteiger partial charge in [0.25, 0.3) is 0 Å². The van der Waals surface area contributed by atoms with Crippen LogP contribution in [-0.2, 0) is 13.1 Å². The van der Waals surface area contributed by atoms with Crippen molar-refractivity contribution in [1.82, 2.24) is 9.97 Å². The summed E-state index contributed by atoms with van der Waals surface area (Å²) in [4.78, 5) is 10.8. The summed E-state index contributed by atoms with van der Waals surface area (Å²) < 4.78 is 14.2. The van der Waals surface area contributed by atoms with Crippen LogP contribution in [0.4, 0.5) is 10.2 Å². The molecule has 0 fully saturated rings. The van der Waals surface area contributed by atoms with Gasteiger partial charge in [-0.05, 0) is 23.3 Å². The molecule has 4 rings (SSSR count). The van der Waals surface area contributed by atoms with Gasteiger partial charge >= 0.3 is 0 Å². The van der Waals surface area contributed by atoms with Gasteiger partial charge in [0, 0.05) is 18.5 Å². The van der Waals surface area contributed by atoms with Crippen molar-refractivity contribution in [2.45, 2.75) is 13.1 Å². The van der Waals surface area contributed by atoms with E-state index in [4.69, 9.17) is 0 Å². The zero-order chi connectivity index (χ0) is 17.8. The lowest BCUT2D eigenvalue weighted by molar-refractivity contribution is 0.636. The molecular weight excluding hydrogens is 325 g/mol. The van der Waals surface area contributed by atoms with E-state index in [2.05, 4.69) is 39.1 Å². The Hall–Kier alpha value is -3.27. The number of aromatic nitrogens is 2. The molecule has 4 aromatic rings. The molecule has 0 aliphatic carbocycles. The molecule has 26 heavy (non-hydrogen) atoms. The normalized spacial score (nSPS) is 10.8. The zero-order valence-corrected chi connectivity index (χ0v) is 14.2. The van der Waals surface area contributed by atoms with Gasteiger partial charge in [-0.1, -0.05) is 66.7 Å². The number of hydrogen-bond acceptors (Lipinski definition) is 3. The Balaban J connectivity index is 1.78. The van der Waals surface area contributed by atoms with Gasteiger partial charge in [0.2, 0.25) is 0 Å². The van der Waals surface area contributed by atoms with Gasteiger partial charge in [-0.25, -0.2) is 14.4 Å². The van der Waals surface area contributed by atoms with Crippen LogP contribution in [0.25, 0.3) is 10.9 Å². The van der Waals surface area contributed by atoms with E-state index < -0.39 is 0 Å². The second-order valence-corrected chi connectivity index (χ2v) is 6.16. The molecule has 0 spiro atoms. The van der Waals surface area contributed by atoms with Crippen molar-refractivity contribution in [3.8, 4) is 0 Å². The van der Waals surface area contributed by atoms with E-state index in [1.807, 2.05) is 42.5 Å². The molecular formula is C22H18FN3. The van der Waals surface area contributed by atoms with Crippen LogP contribution in [0.2, 0.25) is 0 Å². The van der Waals surface area contributed by atoms with Crippen LogP contribution in [0.1, 0.15) is 11.1 Å². The summed E-state index contributed by atoms with van der Waals surface area (Å²) in [6.07, 6.45) is 1.43. The molecule has 0 atom stereocenters. The van der Waals surface area contributed by atoms with Gasteiger partial charge in [0.1, 0.15) is 23.5 Å². The van der Waals surface area contributed by atoms with E-state index >= 15 is 0 Å². The number of para-hydroxylation sites is 1. The summed E-state index contributed by atoms with van der Waals surface area (Å²) in [6.45, 7) is 1.36. The highest BCUT2D eigenvalue weighted by Gasteiger charge is 2.15. The number of nitrogens with zero attached hydrogens (tertiary/aromatic N) is 3. The lowest BCUT2D eigenvalue weighted by atomic mass is 10.1. The molecule has 0 saturated carbocycles. The van der Waals surface area contributed by atoms with Crippen LogP contribution < -0.4 is 4.90 Å². The van der Waals surface area contributed by atoms with E-state index in [9.17, 15) is 4.39 Å². The third-order valence-electron chi connectivity index (χ3n) is 4.33. The fourth-order valence-corrected chi connectivity index (χ4v) is 3.10. The predicted molar refractivity (Wildman–Crippen MR) is 102 cm³/mol. The quantitative estimate of drug-likeness (QED) is 0.512. The SMILES string of the molecule is Fc1cccc2c(N(Cc3ccccc3)Cc3ccccc3)ncnc12. The van der Waals surface area contributed by atoms with Crippen LogP contribution in [0, 0.1) is 5.82 Å². The van der Waals surface area contributed by atoms with Crippen molar-refractivity contribution in [2.24, 2.45) is 0 Å². The summed E-state index contributed by atoms with van der Waals surface area (Å²) >= 11 is 0. The summed E-state index contributed by atoms with van der Waals surface area (Å²) in [5, 5.41) is 0.722. The van der Waals surface area contributed by atoms with Gasteiger partial charge in [0.05, 0.1) is 0 Å². The van der Waals surface area contributed by atoms with Crippen LogP contribution in [0.3, 0.4) is 0 Å². The molecule has 0 aliphatic heterocycles. The van der Waals surface area contributed by atoms with Crippen molar-refractivity contribution in [3.63, 3.8) is 0 Å². The highest BCUT2D eigenvalue weighted by atomic mass is 19.1. The summed E-state index contributed by atoms with van der Waals surface area (Å²) in [6, 6.07) is 25.4. The Morgan fingerprint density at radius 3 is 1.92 bits per heavy atom. The zero-order valence-electron chi connectivity index (χ0n) is 14.2. The van der Waals surface area contributed by atoms with Gasteiger partial charge in [-0.3, -0.25) is 0 Å². The highest BCUT2D eigenvalue weighted by molar-refractivity contribution is 5.89. The number of fused-ring (bicyclic) bond motifs is 1. The average molecular weight is 343 g/mol. The number of rotatable bonds is 5. The molecule has 0 bridgehead atoms. The monoisotopic (exact) mass is 343 g/mol. The first-order valence-corrected chi connectivity index (χ1v) is 8.53. The number of anilines is 1. The van der Waals surface area contributed by atoms with Gasteiger partial charge in [0.15, 0.2) is 0 Å². The smallest absolute Gasteiger partial charge is 0.149 e. The van der Waals surface area contributed by atoms with E-state index in [1.54, 1.807) is 6.07 Å².